The van der Waals surface area contributed by atoms with Crippen molar-refractivity contribution in [1.82, 2.24) is 16.0 Å². The molecule has 0 radical (unpaired) electrons. The number of carbonyl (C=O) groups is 1. The number of rotatable bonds is 7. The van der Waals surface area contributed by atoms with Crippen LogP contribution >= 0.6 is 0 Å². The van der Waals surface area contributed by atoms with E-state index >= 15 is 0 Å². The Bertz CT molecular complexity index is 427. The molecule has 1 fully saturated rings. The fraction of sp³-hybridized carbons (Fsp3) is 0.889. The zero-order valence-electron chi connectivity index (χ0n) is 16.6. The van der Waals surface area contributed by atoms with E-state index in [1.54, 1.807) is 0 Å². The summed E-state index contributed by atoms with van der Waals surface area (Å²) in [5.41, 5.74) is -0.507. The molecule has 0 saturated carbocycles. The van der Waals surface area contributed by atoms with Crippen LogP contribution in [0.5, 0.6) is 0 Å². The van der Waals surface area contributed by atoms with Crippen LogP contribution in [0.15, 0.2) is 4.99 Å². The Balaban J connectivity index is 2.56. The molecule has 7 heteroatoms. The lowest BCUT2D eigenvalue weighted by Crippen LogP contribution is -2.45. The Morgan fingerprint density at radius 1 is 1.32 bits per heavy atom. The van der Waals surface area contributed by atoms with Gasteiger partial charge in [-0.15, -0.1) is 0 Å². The zero-order chi connectivity index (χ0) is 18.9. The molecule has 2 unspecified atom stereocenters. The minimum atomic E-state index is -0.507. The summed E-state index contributed by atoms with van der Waals surface area (Å²) >= 11 is 0. The molecule has 0 aromatic carbocycles. The molecule has 146 valence electrons. The van der Waals surface area contributed by atoms with Gasteiger partial charge in [-0.3, -0.25) is 4.99 Å². The van der Waals surface area contributed by atoms with Gasteiger partial charge in [0.15, 0.2) is 5.96 Å². The van der Waals surface area contributed by atoms with Crippen molar-refractivity contribution in [2.45, 2.75) is 72.1 Å². The first-order chi connectivity index (χ1) is 11.7. The third-order valence-electron chi connectivity index (χ3n) is 3.82. The first kappa shape index (κ1) is 21.5. The van der Waals surface area contributed by atoms with Gasteiger partial charge in [0.05, 0.1) is 18.7 Å². The lowest BCUT2D eigenvalue weighted by atomic mass is 10.1. The molecule has 3 N–H and O–H groups in total. The topological polar surface area (TPSA) is 84.0 Å². The van der Waals surface area contributed by atoms with Crippen LogP contribution in [0.3, 0.4) is 0 Å². The van der Waals surface area contributed by atoms with Crippen molar-refractivity contribution in [3.8, 4) is 0 Å². The van der Waals surface area contributed by atoms with E-state index in [-0.39, 0.29) is 18.1 Å². The Kier molecular flexibility index (Phi) is 9.03. The van der Waals surface area contributed by atoms with E-state index in [2.05, 4.69) is 34.8 Å². The summed E-state index contributed by atoms with van der Waals surface area (Å²) in [4.78, 5) is 16.6. The first-order valence-corrected chi connectivity index (χ1v) is 9.34. The summed E-state index contributed by atoms with van der Waals surface area (Å²) < 4.78 is 11.0. The van der Waals surface area contributed by atoms with E-state index in [9.17, 15) is 4.79 Å². The first-order valence-electron chi connectivity index (χ1n) is 9.34. The summed E-state index contributed by atoms with van der Waals surface area (Å²) in [6.07, 6.45) is 2.06. The van der Waals surface area contributed by atoms with Gasteiger partial charge >= 0.3 is 6.09 Å². The zero-order valence-corrected chi connectivity index (χ0v) is 16.6. The molecule has 1 aliphatic rings. The van der Waals surface area contributed by atoms with Crippen molar-refractivity contribution in [2.24, 2.45) is 10.9 Å². The van der Waals surface area contributed by atoms with Crippen molar-refractivity contribution in [3.05, 3.63) is 0 Å². The number of amides is 1. The van der Waals surface area contributed by atoms with E-state index < -0.39 is 11.7 Å². The molecule has 0 aliphatic carbocycles. The van der Waals surface area contributed by atoms with Gasteiger partial charge in [0.1, 0.15) is 5.60 Å². The van der Waals surface area contributed by atoms with E-state index in [0.717, 1.165) is 38.5 Å². The predicted molar refractivity (Wildman–Crippen MR) is 101 cm³/mol. The van der Waals surface area contributed by atoms with E-state index in [4.69, 9.17) is 9.47 Å². The van der Waals surface area contributed by atoms with Gasteiger partial charge in [0, 0.05) is 19.7 Å². The van der Waals surface area contributed by atoms with E-state index in [1.807, 2.05) is 27.7 Å². The second-order valence-corrected chi connectivity index (χ2v) is 7.73. The number of nitrogens with zero attached hydrogens (tertiary/aromatic N) is 1. The average Bonchev–Trinajstić information content (AvgIpc) is 2.99. The number of ether oxygens (including phenoxy) is 2. The van der Waals surface area contributed by atoms with Gasteiger partial charge < -0.3 is 25.4 Å². The third-order valence-corrected chi connectivity index (χ3v) is 3.82. The summed E-state index contributed by atoms with van der Waals surface area (Å²) in [5, 5.41) is 9.47. The summed E-state index contributed by atoms with van der Waals surface area (Å²) in [6.45, 7) is 14.6. The molecule has 0 bridgehead atoms. The van der Waals surface area contributed by atoms with Gasteiger partial charge in [-0.2, -0.15) is 0 Å². The Morgan fingerprint density at radius 3 is 2.56 bits per heavy atom. The Hall–Kier alpha value is -1.50. The largest absolute Gasteiger partial charge is 0.444 e. The van der Waals surface area contributed by atoms with Crippen LogP contribution in [0.4, 0.5) is 4.79 Å². The highest BCUT2D eigenvalue weighted by atomic mass is 16.6. The molecule has 25 heavy (non-hydrogen) atoms. The van der Waals surface area contributed by atoms with Gasteiger partial charge in [0.2, 0.25) is 0 Å². The number of aliphatic imine (C=N–C) groups is 1. The third kappa shape index (κ3) is 9.53. The number of nitrogens with one attached hydrogen (secondary N) is 3. The number of guanidine groups is 1. The van der Waals surface area contributed by atoms with Gasteiger partial charge in [-0.1, -0.05) is 13.8 Å². The van der Waals surface area contributed by atoms with Crippen molar-refractivity contribution < 1.29 is 14.3 Å². The molecule has 0 aromatic rings. The number of alkyl carbamates (subject to hydrolysis) is 1. The number of hydrogen-bond acceptors (Lipinski definition) is 4. The molecule has 1 amide bonds. The molecule has 1 heterocycles. The van der Waals surface area contributed by atoms with Crippen LogP contribution in [0.25, 0.3) is 0 Å². The molecule has 0 aromatic heterocycles. The van der Waals surface area contributed by atoms with Crippen LogP contribution in [0, 0.1) is 5.92 Å². The van der Waals surface area contributed by atoms with Crippen molar-refractivity contribution in [2.75, 3.05) is 26.2 Å². The highest BCUT2D eigenvalue weighted by molar-refractivity contribution is 5.79. The maximum Gasteiger partial charge on any atom is 0.407 e. The maximum atomic E-state index is 12.0. The maximum absolute atomic E-state index is 12.0. The second-order valence-electron chi connectivity index (χ2n) is 7.73. The smallest absolute Gasteiger partial charge is 0.407 e. The molecule has 1 saturated heterocycles. The van der Waals surface area contributed by atoms with Gasteiger partial charge in [-0.25, -0.2) is 4.79 Å². The molecule has 1 aliphatic heterocycles. The molecule has 7 nitrogen and oxygen atoms in total. The molecular weight excluding hydrogens is 320 g/mol. The molecule has 1 rings (SSSR count). The van der Waals surface area contributed by atoms with Crippen LogP contribution in [0.2, 0.25) is 0 Å². The lowest BCUT2D eigenvalue weighted by molar-refractivity contribution is 0.0493. The summed E-state index contributed by atoms with van der Waals surface area (Å²) in [5.74, 6) is 0.993. The monoisotopic (exact) mass is 356 g/mol. The molecular formula is C18H36N4O3. The van der Waals surface area contributed by atoms with E-state index in [0.29, 0.717) is 6.54 Å². The van der Waals surface area contributed by atoms with Crippen molar-refractivity contribution >= 4 is 12.1 Å². The van der Waals surface area contributed by atoms with Crippen LogP contribution < -0.4 is 16.0 Å². The standard InChI is InChI=1S/C18H36N4O3/c1-7-19-16(20-11-14-9-8-10-24-14)21-12-15(13(2)3)22-17(23)25-18(4,5)6/h13-15H,7-12H2,1-6H3,(H,22,23)(H2,19,20,21). The SMILES string of the molecule is CCNC(=NCC(NC(=O)OC(C)(C)C)C(C)C)NCC1CCCO1. The molecule has 0 spiro atoms. The highest BCUT2D eigenvalue weighted by Gasteiger charge is 2.21. The Labute approximate surface area is 152 Å². The summed E-state index contributed by atoms with van der Waals surface area (Å²) in [7, 11) is 0. The lowest BCUT2D eigenvalue weighted by Gasteiger charge is -2.25. The van der Waals surface area contributed by atoms with Gasteiger partial charge in [0.25, 0.3) is 0 Å². The second kappa shape index (κ2) is 10.5. The minimum Gasteiger partial charge on any atom is -0.444 e. The fourth-order valence-corrected chi connectivity index (χ4v) is 2.43. The molecule has 2 atom stereocenters. The quantitative estimate of drug-likeness (QED) is 0.481. The van der Waals surface area contributed by atoms with Crippen LogP contribution in [-0.4, -0.2) is 56.0 Å². The highest BCUT2D eigenvalue weighted by Crippen LogP contribution is 2.11. The predicted octanol–water partition coefficient (Wildman–Crippen LogP) is 2.27. The van der Waals surface area contributed by atoms with E-state index in [1.165, 1.54) is 0 Å². The van der Waals surface area contributed by atoms with Crippen molar-refractivity contribution in [3.63, 3.8) is 0 Å². The minimum absolute atomic E-state index is 0.0898. The number of carbonyl (C=O) groups excluding carboxylic acids is 1. The fourth-order valence-electron chi connectivity index (χ4n) is 2.43. The van der Waals surface area contributed by atoms with Crippen LogP contribution in [0.1, 0.15) is 54.4 Å². The van der Waals surface area contributed by atoms with Crippen LogP contribution in [-0.2, 0) is 9.47 Å². The Morgan fingerprint density at radius 2 is 2.04 bits per heavy atom. The number of hydrogen-bond donors (Lipinski definition) is 3. The van der Waals surface area contributed by atoms with Gasteiger partial charge in [-0.05, 0) is 46.5 Å². The van der Waals surface area contributed by atoms with Crippen molar-refractivity contribution in [1.29, 1.82) is 0 Å². The normalized spacial score (nSPS) is 19.6. The summed E-state index contributed by atoms with van der Waals surface area (Å²) in [6, 6.07) is -0.0898. The average molecular weight is 357 g/mol.